The SMILES string of the molecule is CC1CCN(c2nnc(Cl)c3ccccc23)C1CO. The van der Waals surface area contributed by atoms with Gasteiger partial charge in [0.2, 0.25) is 0 Å². The first kappa shape index (κ1) is 12.6. The molecule has 1 aliphatic rings. The van der Waals surface area contributed by atoms with Gasteiger partial charge in [0.25, 0.3) is 0 Å². The highest BCUT2D eigenvalue weighted by Gasteiger charge is 2.32. The Labute approximate surface area is 117 Å². The van der Waals surface area contributed by atoms with Gasteiger partial charge in [-0.15, -0.1) is 10.2 Å². The summed E-state index contributed by atoms with van der Waals surface area (Å²) in [6.07, 6.45) is 1.06. The summed E-state index contributed by atoms with van der Waals surface area (Å²) in [4.78, 5) is 2.15. The van der Waals surface area contributed by atoms with E-state index in [1.165, 1.54) is 0 Å². The summed E-state index contributed by atoms with van der Waals surface area (Å²) in [7, 11) is 0. The van der Waals surface area contributed by atoms with Crippen molar-refractivity contribution in [3.63, 3.8) is 0 Å². The van der Waals surface area contributed by atoms with Gasteiger partial charge in [0.15, 0.2) is 11.0 Å². The molecule has 2 heterocycles. The van der Waals surface area contributed by atoms with Crippen molar-refractivity contribution in [2.75, 3.05) is 18.1 Å². The van der Waals surface area contributed by atoms with Crippen LogP contribution in [0.4, 0.5) is 5.82 Å². The lowest BCUT2D eigenvalue weighted by atomic mass is 10.0. The van der Waals surface area contributed by atoms with Gasteiger partial charge in [0, 0.05) is 17.3 Å². The molecule has 2 aromatic rings. The number of fused-ring (bicyclic) bond motifs is 1. The van der Waals surface area contributed by atoms with Crippen molar-refractivity contribution in [1.82, 2.24) is 10.2 Å². The normalized spacial score (nSPS) is 23.2. The fourth-order valence-electron chi connectivity index (χ4n) is 2.82. The zero-order valence-corrected chi connectivity index (χ0v) is 11.5. The number of aromatic nitrogens is 2. The Bertz CT molecular complexity index is 604. The number of benzene rings is 1. The minimum atomic E-state index is 0.110. The second-order valence-electron chi connectivity index (χ2n) is 5.07. The molecule has 2 atom stereocenters. The molecule has 4 nitrogen and oxygen atoms in total. The van der Waals surface area contributed by atoms with Crippen molar-refractivity contribution >= 4 is 28.2 Å². The smallest absolute Gasteiger partial charge is 0.159 e. The summed E-state index contributed by atoms with van der Waals surface area (Å²) in [6.45, 7) is 3.19. The van der Waals surface area contributed by atoms with Crippen LogP contribution in [0.25, 0.3) is 10.8 Å². The molecule has 1 saturated heterocycles. The van der Waals surface area contributed by atoms with Crippen molar-refractivity contribution in [3.8, 4) is 0 Å². The first-order valence-corrected chi connectivity index (χ1v) is 6.88. The highest BCUT2D eigenvalue weighted by atomic mass is 35.5. The molecule has 0 saturated carbocycles. The Morgan fingerprint density at radius 3 is 2.79 bits per heavy atom. The number of hydrogen-bond acceptors (Lipinski definition) is 4. The fourth-order valence-corrected chi connectivity index (χ4v) is 3.02. The van der Waals surface area contributed by atoms with Crippen molar-refractivity contribution in [2.45, 2.75) is 19.4 Å². The van der Waals surface area contributed by atoms with E-state index in [4.69, 9.17) is 11.6 Å². The molecular formula is C14H16ClN3O. The van der Waals surface area contributed by atoms with E-state index in [-0.39, 0.29) is 12.6 Å². The monoisotopic (exact) mass is 277 g/mol. The Hall–Kier alpha value is -1.39. The van der Waals surface area contributed by atoms with Gasteiger partial charge < -0.3 is 10.0 Å². The van der Waals surface area contributed by atoms with Gasteiger partial charge in [0.1, 0.15) is 0 Å². The highest BCUT2D eigenvalue weighted by molar-refractivity contribution is 6.34. The molecule has 0 amide bonds. The summed E-state index contributed by atoms with van der Waals surface area (Å²) in [6, 6.07) is 7.97. The molecular weight excluding hydrogens is 262 g/mol. The van der Waals surface area contributed by atoms with Crippen LogP contribution in [0, 0.1) is 5.92 Å². The highest BCUT2D eigenvalue weighted by Crippen LogP contribution is 2.34. The largest absolute Gasteiger partial charge is 0.394 e. The summed E-state index contributed by atoms with van der Waals surface area (Å²) in [5.41, 5.74) is 0. The zero-order chi connectivity index (χ0) is 13.4. The Kier molecular flexibility index (Phi) is 3.29. The number of nitrogens with zero attached hydrogens (tertiary/aromatic N) is 3. The Morgan fingerprint density at radius 2 is 2.05 bits per heavy atom. The fraction of sp³-hybridized carbons (Fsp3) is 0.429. The number of anilines is 1. The second kappa shape index (κ2) is 4.94. The van der Waals surface area contributed by atoms with Gasteiger partial charge in [-0.05, 0) is 12.3 Å². The molecule has 1 aromatic carbocycles. The van der Waals surface area contributed by atoms with E-state index in [1.54, 1.807) is 0 Å². The first-order chi connectivity index (χ1) is 9.22. The van der Waals surface area contributed by atoms with E-state index in [2.05, 4.69) is 22.0 Å². The molecule has 1 fully saturated rings. The summed E-state index contributed by atoms with van der Waals surface area (Å²) in [5, 5.41) is 20.2. The molecule has 1 aliphatic heterocycles. The number of rotatable bonds is 2. The zero-order valence-electron chi connectivity index (χ0n) is 10.8. The molecule has 1 N–H and O–H groups in total. The summed E-state index contributed by atoms with van der Waals surface area (Å²) in [5.74, 6) is 1.28. The molecule has 100 valence electrons. The van der Waals surface area contributed by atoms with E-state index < -0.39 is 0 Å². The van der Waals surface area contributed by atoms with Crippen LogP contribution in [0.5, 0.6) is 0 Å². The van der Waals surface area contributed by atoms with Crippen molar-refractivity contribution in [1.29, 1.82) is 0 Å². The molecule has 5 heteroatoms. The van der Waals surface area contributed by atoms with Gasteiger partial charge in [-0.25, -0.2) is 0 Å². The van der Waals surface area contributed by atoms with Crippen LogP contribution >= 0.6 is 11.6 Å². The molecule has 3 rings (SSSR count). The molecule has 0 radical (unpaired) electrons. The number of hydrogen-bond donors (Lipinski definition) is 1. The van der Waals surface area contributed by atoms with Crippen molar-refractivity contribution in [3.05, 3.63) is 29.4 Å². The Balaban J connectivity index is 2.13. The first-order valence-electron chi connectivity index (χ1n) is 6.50. The minimum absolute atomic E-state index is 0.110. The average molecular weight is 278 g/mol. The maximum absolute atomic E-state index is 9.58. The summed E-state index contributed by atoms with van der Waals surface area (Å²) >= 11 is 6.09. The van der Waals surface area contributed by atoms with Crippen LogP contribution in [0.3, 0.4) is 0 Å². The average Bonchev–Trinajstić information content (AvgIpc) is 2.80. The lowest BCUT2D eigenvalue weighted by Crippen LogP contribution is -2.36. The maximum atomic E-state index is 9.58. The van der Waals surface area contributed by atoms with Gasteiger partial charge in [-0.3, -0.25) is 0 Å². The third kappa shape index (κ3) is 2.05. The summed E-state index contributed by atoms with van der Waals surface area (Å²) < 4.78 is 0. The van der Waals surface area contributed by atoms with E-state index in [9.17, 15) is 5.11 Å². The third-order valence-corrected chi connectivity index (χ3v) is 4.24. The van der Waals surface area contributed by atoms with Crippen LogP contribution in [0.15, 0.2) is 24.3 Å². The molecule has 0 spiro atoms. The van der Waals surface area contributed by atoms with Crippen molar-refractivity contribution in [2.24, 2.45) is 5.92 Å². The number of halogens is 1. The van der Waals surface area contributed by atoms with E-state index in [0.717, 1.165) is 29.6 Å². The standard InChI is InChI=1S/C14H16ClN3O/c1-9-6-7-18(12(9)8-19)14-11-5-3-2-4-10(11)13(15)16-17-14/h2-5,9,12,19H,6-8H2,1H3. The van der Waals surface area contributed by atoms with Crippen LogP contribution in [-0.4, -0.2) is 34.5 Å². The topological polar surface area (TPSA) is 49.2 Å². The van der Waals surface area contributed by atoms with E-state index >= 15 is 0 Å². The van der Waals surface area contributed by atoms with Gasteiger partial charge in [0.05, 0.1) is 12.6 Å². The van der Waals surface area contributed by atoms with Crippen LogP contribution in [-0.2, 0) is 0 Å². The van der Waals surface area contributed by atoms with Crippen LogP contribution in [0.2, 0.25) is 5.15 Å². The molecule has 2 unspecified atom stereocenters. The molecule has 1 aromatic heterocycles. The Morgan fingerprint density at radius 1 is 1.32 bits per heavy atom. The lowest BCUT2D eigenvalue weighted by Gasteiger charge is -2.26. The quantitative estimate of drug-likeness (QED) is 0.916. The number of aliphatic hydroxyl groups is 1. The predicted molar refractivity (Wildman–Crippen MR) is 76.5 cm³/mol. The van der Waals surface area contributed by atoms with E-state index in [1.807, 2.05) is 24.3 Å². The lowest BCUT2D eigenvalue weighted by molar-refractivity contribution is 0.244. The van der Waals surface area contributed by atoms with Gasteiger partial charge >= 0.3 is 0 Å². The predicted octanol–water partition coefficient (Wildman–Crippen LogP) is 2.49. The second-order valence-corrected chi connectivity index (χ2v) is 5.43. The minimum Gasteiger partial charge on any atom is -0.394 e. The maximum Gasteiger partial charge on any atom is 0.159 e. The van der Waals surface area contributed by atoms with Gasteiger partial charge in [-0.1, -0.05) is 42.8 Å². The number of aliphatic hydroxyl groups excluding tert-OH is 1. The van der Waals surface area contributed by atoms with Crippen molar-refractivity contribution < 1.29 is 5.11 Å². The molecule has 0 aliphatic carbocycles. The van der Waals surface area contributed by atoms with Gasteiger partial charge in [-0.2, -0.15) is 0 Å². The van der Waals surface area contributed by atoms with Crippen LogP contribution in [0.1, 0.15) is 13.3 Å². The molecule has 19 heavy (non-hydrogen) atoms. The van der Waals surface area contributed by atoms with Crippen LogP contribution < -0.4 is 4.90 Å². The molecule has 0 bridgehead atoms. The third-order valence-electron chi connectivity index (χ3n) is 3.96. The van der Waals surface area contributed by atoms with E-state index in [0.29, 0.717) is 11.1 Å².